The molecule has 4 nitrogen and oxygen atoms in total. The number of anilines is 1. The Morgan fingerprint density at radius 1 is 0.769 bits per heavy atom. The Morgan fingerprint density at radius 3 is 1.92 bits per heavy atom. The summed E-state index contributed by atoms with van der Waals surface area (Å²) in [5.74, 6) is -0.912. The van der Waals surface area contributed by atoms with Crippen LogP contribution in [0.2, 0.25) is 0 Å². The molecule has 0 fully saturated rings. The molecule has 130 valence electrons. The van der Waals surface area contributed by atoms with Crippen molar-refractivity contribution in [2.45, 2.75) is 12.5 Å². The highest BCUT2D eigenvalue weighted by atomic mass is 16.4. The fourth-order valence-electron chi connectivity index (χ4n) is 2.78. The summed E-state index contributed by atoms with van der Waals surface area (Å²) in [6, 6.07) is 25.3. The molecule has 1 unspecified atom stereocenters. The third-order valence-electron chi connectivity index (χ3n) is 4.16. The van der Waals surface area contributed by atoms with Gasteiger partial charge in [-0.15, -0.1) is 0 Å². The Hall–Kier alpha value is -3.40. The Balaban J connectivity index is 1.82. The number of carbonyl (C=O) groups excluding carboxylic acids is 1. The summed E-state index contributed by atoms with van der Waals surface area (Å²) in [7, 11) is 0. The molecule has 4 heteroatoms. The van der Waals surface area contributed by atoms with Gasteiger partial charge in [-0.05, 0) is 29.8 Å². The highest BCUT2D eigenvalue weighted by molar-refractivity contribution is 5.96. The van der Waals surface area contributed by atoms with Gasteiger partial charge < -0.3 is 10.4 Å². The van der Waals surface area contributed by atoms with E-state index in [-0.39, 0.29) is 17.4 Å². The molecule has 26 heavy (non-hydrogen) atoms. The van der Waals surface area contributed by atoms with Crippen molar-refractivity contribution in [3.8, 4) is 0 Å². The van der Waals surface area contributed by atoms with E-state index in [9.17, 15) is 9.59 Å². The smallest absolute Gasteiger partial charge is 0.335 e. The molecule has 0 saturated heterocycles. The van der Waals surface area contributed by atoms with Gasteiger partial charge in [0.2, 0.25) is 0 Å². The molecule has 0 aliphatic carbocycles. The van der Waals surface area contributed by atoms with Gasteiger partial charge in [0.1, 0.15) is 0 Å². The summed E-state index contributed by atoms with van der Waals surface area (Å²) >= 11 is 0. The Morgan fingerprint density at radius 2 is 1.35 bits per heavy atom. The van der Waals surface area contributed by atoms with Gasteiger partial charge in [0.25, 0.3) is 0 Å². The summed E-state index contributed by atoms with van der Waals surface area (Å²) in [5, 5.41) is 12.4. The largest absolute Gasteiger partial charge is 0.478 e. The summed E-state index contributed by atoms with van der Waals surface area (Å²) in [5.41, 5.74) is 2.67. The zero-order valence-electron chi connectivity index (χ0n) is 14.1. The standard InChI is InChI=1S/C22H19NO3/c24-21(17-9-5-2-6-10-17)15-20(16-7-3-1-4-8-16)23-19-13-11-18(12-14-19)22(25)26/h1-14,20,23H,15H2,(H,25,26). The molecule has 0 bridgehead atoms. The molecule has 3 rings (SSSR count). The van der Waals surface area contributed by atoms with E-state index < -0.39 is 5.97 Å². The van der Waals surface area contributed by atoms with Crippen molar-refractivity contribution in [2.75, 3.05) is 5.32 Å². The third-order valence-corrected chi connectivity index (χ3v) is 4.16. The molecule has 3 aromatic carbocycles. The molecule has 0 amide bonds. The number of carbonyl (C=O) groups is 2. The van der Waals surface area contributed by atoms with Crippen LogP contribution in [0.25, 0.3) is 0 Å². The van der Waals surface area contributed by atoms with Crippen LogP contribution in [0.15, 0.2) is 84.9 Å². The molecule has 2 N–H and O–H groups in total. The molecule has 1 atom stereocenters. The van der Waals surface area contributed by atoms with Crippen LogP contribution in [-0.2, 0) is 0 Å². The van der Waals surface area contributed by atoms with E-state index in [4.69, 9.17) is 5.11 Å². The highest BCUT2D eigenvalue weighted by Crippen LogP contribution is 2.24. The fourth-order valence-corrected chi connectivity index (χ4v) is 2.78. The molecular weight excluding hydrogens is 326 g/mol. The fraction of sp³-hybridized carbons (Fsp3) is 0.0909. The van der Waals surface area contributed by atoms with Crippen LogP contribution in [0.5, 0.6) is 0 Å². The summed E-state index contributed by atoms with van der Waals surface area (Å²) < 4.78 is 0. The number of ketones is 1. The maximum atomic E-state index is 12.6. The van der Waals surface area contributed by atoms with E-state index in [0.29, 0.717) is 12.0 Å². The lowest BCUT2D eigenvalue weighted by atomic mass is 9.97. The van der Waals surface area contributed by atoms with Gasteiger partial charge in [0.15, 0.2) is 5.78 Å². The third kappa shape index (κ3) is 4.36. The molecule has 0 aromatic heterocycles. The van der Waals surface area contributed by atoms with E-state index in [1.54, 1.807) is 24.3 Å². The number of nitrogens with one attached hydrogen (secondary N) is 1. The number of carboxylic acid groups (broad SMARTS) is 1. The van der Waals surface area contributed by atoms with Crippen LogP contribution in [0.3, 0.4) is 0 Å². The zero-order chi connectivity index (χ0) is 18.4. The number of rotatable bonds is 7. The van der Waals surface area contributed by atoms with E-state index in [0.717, 1.165) is 11.3 Å². The van der Waals surface area contributed by atoms with Crippen molar-refractivity contribution >= 4 is 17.4 Å². The van der Waals surface area contributed by atoms with Gasteiger partial charge in [-0.3, -0.25) is 4.79 Å². The minimum atomic E-state index is -0.963. The van der Waals surface area contributed by atoms with E-state index in [1.165, 1.54) is 0 Å². The normalized spacial score (nSPS) is 11.5. The van der Waals surface area contributed by atoms with Crippen LogP contribution in [0.4, 0.5) is 5.69 Å². The quantitative estimate of drug-likeness (QED) is 0.603. The lowest BCUT2D eigenvalue weighted by molar-refractivity contribution is 0.0696. The summed E-state index contributed by atoms with van der Waals surface area (Å²) in [4.78, 5) is 23.6. The van der Waals surface area contributed by atoms with Crippen LogP contribution in [0.1, 0.15) is 38.7 Å². The highest BCUT2D eigenvalue weighted by Gasteiger charge is 2.17. The minimum Gasteiger partial charge on any atom is -0.478 e. The first-order valence-electron chi connectivity index (χ1n) is 8.36. The summed E-state index contributed by atoms with van der Waals surface area (Å²) in [6.45, 7) is 0. The van der Waals surface area contributed by atoms with E-state index in [1.807, 2.05) is 60.7 Å². The van der Waals surface area contributed by atoms with E-state index >= 15 is 0 Å². The molecule has 0 spiro atoms. The van der Waals surface area contributed by atoms with Crippen molar-refractivity contribution in [1.82, 2.24) is 0 Å². The van der Waals surface area contributed by atoms with Gasteiger partial charge in [0, 0.05) is 17.7 Å². The van der Waals surface area contributed by atoms with Crippen molar-refractivity contribution in [3.05, 3.63) is 102 Å². The molecule has 0 radical (unpaired) electrons. The second-order valence-electron chi connectivity index (χ2n) is 5.98. The number of carboxylic acids is 1. The van der Waals surface area contributed by atoms with Crippen LogP contribution in [0, 0.1) is 0 Å². The molecule has 0 saturated carbocycles. The van der Waals surface area contributed by atoms with E-state index in [2.05, 4.69) is 5.32 Å². The number of hydrogen-bond donors (Lipinski definition) is 2. The first-order valence-corrected chi connectivity index (χ1v) is 8.36. The lowest BCUT2D eigenvalue weighted by Gasteiger charge is -2.20. The first-order chi connectivity index (χ1) is 12.6. The molecule has 3 aromatic rings. The molecule has 0 aliphatic heterocycles. The van der Waals surface area contributed by atoms with Gasteiger partial charge >= 0.3 is 5.97 Å². The number of benzene rings is 3. The molecule has 0 heterocycles. The Labute approximate surface area is 152 Å². The van der Waals surface area contributed by atoms with Crippen molar-refractivity contribution in [2.24, 2.45) is 0 Å². The predicted octanol–water partition coefficient (Wildman–Crippen LogP) is 4.81. The van der Waals surface area contributed by atoms with Crippen LogP contribution >= 0.6 is 0 Å². The maximum absolute atomic E-state index is 12.6. The molecule has 0 aliphatic rings. The first kappa shape index (κ1) is 17.4. The predicted molar refractivity (Wildman–Crippen MR) is 102 cm³/mol. The van der Waals surface area contributed by atoms with Crippen molar-refractivity contribution in [1.29, 1.82) is 0 Å². The molecular formula is C22H19NO3. The van der Waals surface area contributed by atoms with Gasteiger partial charge in [-0.25, -0.2) is 4.79 Å². The van der Waals surface area contributed by atoms with Gasteiger partial charge in [-0.1, -0.05) is 60.7 Å². The zero-order valence-corrected chi connectivity index (χ0v) is 14.1. The second kappa shape index (κ2) is 8.12. The SMILES string of the molecule is O=C(O)c1ccc(NC(CC(=O)c2ccccc2)c2ccccc2)cc1. The average Bonchev–Trinajstić information content (AvgIpc) is 2.69. The van der Waals surface area contributed by atoms with Crippen LogP contribution in [-0.4, -0.2) is 16.9 Å². The topological polar surface area (TPSA) is 66.4 Å². The number of aromatic carboxylic acids is 1. The van der Waals surface area contributed by atoms with Crippen molar-refractivity contribution < 1.29 is 14.7 Å². The van der Waals surface area contributed by atoms with Gasteiger partial charge in [0.05, 0.1) is 11.6 Å². The lowest BCUT2D eigenvalue weighted by Crippen LogP contribution is -2.16. The number of hydrogen-bond acceptors (Lipinski definition) is 3. The Kier molecular flexibility index (Phi) is 5.44. The Bertz CT molecular complexity index is 874. The second-order valence-corrected chi connectivity index (χ2v) is 5.98. The van der Waals surface area contributed by atoms with Crippen LogP contribution < -0.4 is 5.32 Å². The maximum Gasteiger partial charge on any atom is 0.335 e. The average molecular weight is 345 g/mol. The summed E-state index contributed by atoms with van der Waals surface area (Å²) in [6.07, 6.45) is 0.300. The minimum absolute atomic E-state index is 0.0501. The van der Waals surface area contributed by atoms with Gasteiger partial charge in [-0.2, -0.15) is 0 Å². The monoisotopic (exact) mass is 345 g/mol. The van der Waals surface area contributed by atoms with Crippen molar-refractivity contribution in [3.63, 3.8) is 0 Å². The number of Topliss-reactive ketones (excluding diaryl/α,β-unsaturated/α-hetero) is 1.